The summed E-state index contributed by atoms with van der Waals surface area (Å²) in [5.41, 5.74) is 8.76. The molecular formula is C15H17NO2S. The highest BCUT2D eigenvalue weighted by Crippen LogP contribution is 2.22. The van der Waals surface area contributed by atoms with Crippen LogP contribution < -0.4 is 5.73 Å². The Bertz CT molecular complexity index is 689. The minimum atomic E-state index is -3.36. The van der Waals surface area contributed by atoms with Crippen LogP contribution in [0.15, 0.2) is 47.4 Å². The monoisotopic (exact) mass is 275 g/mol. The molecule has 0 amide bonds. The summed E-state index contributed by atoms with van der Waals surface area (Å²) in [6, 6.07) is 12.5. The average Bonchev–Trinajstić information content (AvgIpc) is 2.35. The molecule has 19 heavy (non-hydrogen) atoms. The van der Waals surface area contributed by atoms with E-state index in [0.29, 0.717) is 10.6 Å². The van der Waals surface area contributed by atoms with Crippen LogP contribution in [0, 0.1) is 13.8 Å². The smallest absolute Gasteiger partial charge is 0.182 e. The van der Waals surface area contributed by atoms with E-state index in [9.17, 15) is 8.42 Å². The third-order valence-corrected chi connectivity index (χ3v) is 4.85. The molecule has 0 radical (unpaired) electrons. The number of rotatable bonds is 3. The van der Waals surface area contributed by atoms with Crippen LogP contribution in [0.5, 0.6) is 0 Å². The van der Waals surface area contributed by atoms with Gasteiger partial charge in [-0.25, -0.2) is 8.42 Å². The average molecular weight is 275 g/mol. The third kappa shape index (κ3) is 3.15. The van der Waals surface area contributed by atoms with Gasteiger partial charge in [-0.3, -0.25) is 0 Å². The van der Waals surface area contributed by atoms with Gasteiger partial charge in [0, 0.05) is 5.69 Å². The van der Waals surface area contributed by atoms with E-state index in [0.717, 1.165) is 16.7 Å². The zero-order valence-electron chi connectivity index (χ0n) is 11.1. The maximum absolute atomic E-state index is 12.4. The van der Waals surface area contributed by atoms with Crippen molar-refractivity contribution in [1.82, 2.24) is 0 Å². The van der Waals surface area contributed by atoms with E-state index >= 15 is 0 Å². The molecule has 0 spiro atoms. The van der Waals surface area contributed by atoms with E-state index in [-0.39, 0.29) is 5.75 Å². The maximum atomic E-state index is 12.4. The normalized spacial score (nSPS) is 11.5. The van der Waals surface area contributed by atoms with Crippen molar-refractivity contribution in [2.24, 2.45) is 0 Å². The highest BCUT2D eigenvalue weighted by Gasteiger charge is 2.18. The quantitative estimate of drug-likeness (QED) is 0.876. The molecule has 2 aromatic carbocycles. The van der Waals surface area contributed by atoms with Gasteiger partial charge in [-0.05, 0) is 37.1 Å². The Kier molecular flexibility index (Phi) is 3.62. The van der Waals surface area contributed by atoms with Gasteiger partial charge < -0.3 is 5.73 Å². The summed E-state index contributed by atoms with van der Waals surface area (Å²) in [4.78, 5) is 0.313. The molecule has 0 bridgehead atoms. The summed E-state index contributed by atoms with van der Waals surface area (Å²) < 4.78 is 24.8. The standard InChI is InChI=1S/C15H17NO2S/c1-11-3-6-13(7-4-11)10-19(17,18)15-9-14(16)8-5-12(15)2/h3-9H,10,16H2,1-2H3. The van der Waals surface area contributed by atoms with E-state index < -0.39 is 9.84 Å². The first kappa shape index (κ1) is 13.6. The number of aryl methyl sites for hydroxylation is 2. The van der Waals surface area contributed by atoms with Gasteiger partial charge in [-0.2, -0.15) is 0 Å². The lowest BCUT2D eigenvalue weighted by Crippen LogP contribution is -2.07. The lowest BCUT2D eigenvalue weighted by Gasteiger charge is -2.09. The Morgan fingerprint density at radius 1 is 1.00 bits per heavy atom. The molecular weight excluding hydrogens is 258 g/mol. The molecule has 100 valence electrons. The van der Waals surface area contributed by atoms with Gasteiger partial charge >= 0.3 is 0 Å². The number of hydrogen-bond acceptors (Lipinski definition) is 3. The number of nitrogen functional groups attached to an aromatic ring is 1. The van der Waals surface area contributed by atoms with Crippen molar-refractivity contribution in [3.05, 3.63) is 59.2 Å². The fraction of sp³-hybridized carbons (Fsp3) is 0.200. The SMILES string of the molecule is Cc1ccc(CS(=O)(=O)c2cc(N)ccc2C)cc1. The van der Waals surface area contributed by atoms with Crippen LogP contribution >= 0.6 is 0 Å². The van der Waals surface area contributed by atoms with Gasteiger partial charge in [0.15, 0.2) is 9.84 Å². The summed E-state index contributed by atoms with van der Waals surface area (Å²) in [5, 5.41) is 0. The van der Waals surface area contributed by atoms with Crippen LogP contribution in [0.25, 0.3) is 0 Å². The van der Waals surface area contributed by atoms with Crippen molar-refractivity contribution in [2.45, 2.75) is 24.5 Å². The first-order valence-corrected chi connectivity index (χ1v) is 7.68. The maximum Gasteiger partial charge on any atom is 0.182 e. The molecule has 0 aromatic heterocycles. The second kappa shape index (κ2) is 5.05. The molecule has 2 aromatic rings. The van der Waals surface area contributed by atoms with Gasteiger partial charge in [0.1, 0.15) is 0 Å². The summed E-state index contributed by atoms with van der Waals surface area (Å²) in [6.45, 7) is 3.75. The minimum Gasteiger partial charge on any atom is -0.399 e. The van der Waals surface area contributed by atoms with E-state index in [4.69, 9.17) is 5.73 Å². The van der Waals surface area contributed by atoms with E-state index in [1.807, 2.05) is 31.2 Å². The zero-order valence-corrected chi connectivity index (χ0v) is 11.9. The molecule has 0 atom stereocenters. The first-order valence-electron chi connectivity index (χ1n) is 6.03. The van der Waals surface area contributed by atoms with Crippen molar-refractivity contribution in [3.63, 3.8) is 0 Å². The van der Waals surface area contributed by atoms with Gasteiger partial charge in [-0.1, -0.05) is 35.9 Å². The molecule has 0 unspecified atom stereocenters. The summed E-state index contributed by atoms with van der Waals surface area (Å²) >= 11 is 0. The molecule has 3 nitrogen and oxygen atoms in total. The Hall–Kier alpha value is -1.81. The van der Waals surface area contributed by atoms with E-state index in [1.54, 1.807) is 19.1 Å². The molecule has 0 saturated carbocycles. The summed E-state index contributed by atoms with van der Waals surface area (Å²) in [5.74, 6) is -0.00241. The predicted octanol–water partition coefficient (Wildman–Crippen LogP) is 2.86. The van der Waals surface area contributed by atoms with Crippen molar-refractivity contribution < 1.29 is 8.42 Å². The van der Waals surface area contributed by atoms with Gasteiger partial charge in [0.05, 0.1) is 10.6 Å². The highest BCUT2D eigenvalue weighted by atomic mass is 32.2. The molecule has 2 N–H and O–H groups in total. The van der Waals surface area contributed by atoms with Crippen LogP contribution in [0.3, 0.4) is 0 Å². The number of nitrogens with two attached hydrogens (primary N) is 1. The van der Waals surface area contributed by atoms with Crippen molar-refractivity contribution in [1.29, 1.82) is 0 Å². The molecule has 2 rings (SSSR count). The summed E-state index contributed by atoms with van der Waals surface area (Å²) in [6.07, 6.45) is 0. The number of benzene rings is 2. The Morgan fingerprint density at radius 3 is 2.26 bits per heavy atom. The summed E-state index contributed by atoms with van der Waals surface area (Å²) in [7, 11) is -3.36. The molecule has 0 saturated heterocycles. The van der Waals surface area contributed by atoms with Crippen molar-refractivity contribution in [3.8, 4) is 0 Å². The van der Waals surface area contributed by atoms with Crippen molar-refractivity contribution in [2.75, 3.05) is 5.73 Å². The van der Waals surface area contributed by atoms with Crippen LogP contribution in [0.4, 0.5) is 5.69 Å². The Morgan fingerprint density at radius 2 is 1.63 bits per heavy atom. The van der Waals surface area contributed by atoms with Crippen molar-refractivity contribution >= 4 is 15.5 Å². The first-order chi connectivity index (χ1) is 8.88. The highest BCUT2D eigenvalue weighted by molar-refractivity contribution is 7.90. The second-order valence-electron chi connectivity index (χ2n) is 4.77. The van der Waals surface area contributed by atoms with Crippen LogP contribution in [-0.4, -0.2) is 8.42 Å². The minimum absolute atomic E-state index is 0.00241. The third-order valence-electron chi connectivity index (χ3n) is 3.02. The molecule has 0 aliphatic rings. The van der Waals surface area contributed by atoms with Gasteiger partial charge in [0.2, 0.25) is 0 Å². The zero-order chi connectivity index (χ0) is 14.0. The van der Waals surface area contributed by atoms with Crippen LogP contribution in [0.1, 0.15) is 16.7 Å². The Labute approximate surface area is 114 Å². The van der Waals surface area contributed by atoms with Crippen LogP contribution in [0.2, 0.25) is 0 Å². The van der Waals surface area contributed by atoms with Gasteiger partial charge in [-0.15, -0.1) is 0 Å². The van der Waals surface area contributed by atoms with Gasteiger partial charge in [0.25, 0.3) is 0 Å². The molecule has 4 heteroatoms. The fourth-order valence-corrected chi connectivity index (χ4v) is 3.59. The largest absolute Gasteiger partial charge is 0.399 e. The predicted molar refractivity (Wildman–Crippen MR) is 77.7 cm³/mol. The number of hydrogen-bond donors (Lipinski definition) is 1. The molecule has 0 aliphatic heterocycles. The van der Waals surface area contributed by atoms with Crippen LogP contribution in [-0.2, 0) is 15.6 Å². The van der Waals surface area contributed by atoms with E-state index in [2.05, 4.69) is 0 Å². The molecule has 0 fully saturated rings. The lowest BCUT2D eigenvalue weighted by molar-refractivity contribution is 0.594. The topological polar surface area (TPSA) is 60.2 Å². The molecule has 0 aliphatic carbocycles. The van der Waals surface area contributed by atoms with E-state index in [1.165, 1.54) is 6.07 Å². The fourth-order valence-electron chi connectivity index (χ4n) is 1.93. The molecule has 0 heterocycles. The Balaban J connectivity index is 2.37. The number of anilines is 1. The lowest BCUT2D eigenvalue weighted by atomic mass is 10.2. The number of sulfone groups is 1. The second-order valence-corrected chi connectivity index (χ2v) is 6.73.